The molecule has 122 valence electrons. The van der Waals surface area contributed by atoms with E-state index in [0.29, 0.717) is 31.2 Å². The standard InChI is InChI=1S/C16H25N3O3/c1-15(2,3)14-17-12(18-22-14)11-19-9-8-16(6-4-10-21-16)7-5-13(19)20/h4-11H2,1-3H3/t16-/m1/s1. The van der Waals surface area contributed by atoms with Gasteiger partial charge in [0.2, 0.25) is 11.8 Å². The average molecular weight is 307 g/mol. The first-order valence-corrected chi connectivity index (χ1v) is 8.13. The highest BCUT2D eigenvalue weighted by Crippen LogP contribution is 2.36. The van der Waals surface area contributed by atoms with E-state index in [-0.39, 0.29) is 16.9 Å². The maximum Gasteiger partial charge on any atom is 0.232 e. The number of hydrogen-bond donors (Lipinski definition) is 0. The second kappa shape index (κ2) is 5.65. The van der Waals surface area contributed by atoms with Crippen LogP contribution in [0, 0.1) is 0 Å². The molecule has 0 bridgehead atoms. The SMILES string of the molecule is CC(C)(C)c1nc(CN2CC[C@@]3(CCCO3)CCC2=O)no1. The first kappa shape index (κ1) is 15.5. The van der Waals surface area contributed by atoms with Crippen LogP contribution in [0.2, 0.25) is 0 Å². The van der Waals surface area contributed by atoms with Crippen molar-refractivity contribution in [3.8, 4) is 0 Å². The highest BCUT2D eigenvalue weighted by Gasteiger charge is 2.38. The van der Waals surface area contributed by atoms with Crippen molar-refractivity contribution in [2.45, 2.75) is 70.4 Å². The molecule has 0 saturated carbocycles. The van der Waals surface area contributed by atoms with Gasteiger partial charge in [-0.25, -0.2) is 0 Å². The van der Waals surface area contributed by atoms with Gasteiger partial charge in [-0.05, 0) is 25.7 Å². The van der Waals surface area contributed by atoms with E-state index in [9.17, 15) is 4.79 Å². The molecule has 2 aliphatic rings. The van der Waals surface area contributed by atoms with E-state index in [0.717, 1.165) is 32.3 Å². The molecule has 1 amide bonds. The van der Waals surface area contributed by atoms with Crippen LogP contribution < -0.4 is 0 Å². The van der Waals surface area contributed by atoms with Crippen LogP contribution in [0.4, 0.5) is 0 Å². The van der Waals surface area contributed by atoms with E-state index in [1.807, 2.05) is 25.7 Å². The van der Waals surface area contributed by atoms with E-state index in [1.54, 1.807) is 0 Å². The Morgan fingerprint density at radius 1 is 1.27 bits per heavy atom. The summed E-state index contributed by atoms with van der Waals surface area (Å²) in [5.74, 6) is 1.36. The van der Waals surface area contributed by atoms with E-state index in [2.05, 4.69) is 10.1 Å². The van der Waals surface area contributed by atoms with Gasteiger partial charge in [0.25, 0.3) is 0 Å². The Morgan fingerprint density at radius 2 is 2.09 bits per heavy atom. The summed E-state index contributed by atoms with van der Waals surface area (Å²) in [5.41, 5.74) is -0.242. The zero-order valence-corrected chi connectivity index (χ0v) is 13.7. The predicted molar refractivity (Wildman–Crippen MR) is 80.2 cm³/mol. The van der Waals surface area contributed by atoms with Crippen molar-refractivity contribution in [2.24, 2.45) is 0 Å². The lowest BCUT2D eigenvalue weighted by Gasteiger charge is -2.26. The van der Waals surface area contributed by atoms with Crippen LogP contribution in [0.3, 0.4) is 0 Å². The fourth-order valence-corrected chi connectivity index (χ4v) is 3.19. The molecule has 6 nitrogen and oxygen atoms in total. The van der Waals surface area contributed by atoms with Gasteiger partial charge >= 0.3 is 0 Å². The van der Waals surface area contributed by atoms with Gasteiger partial charge in [-0.2, -0.15) is 4.98 Å². The molecule has 1 aromatic heterocycles. The Balaban J connectivity index is 1.67. The maximum atomic E-state index is 12.3. The number of carbonyl (C=O) groups is 1. The van der Waals surface area contributed by atoms with Crippen LogP contribution in [0.25, 0.3) is 0 Å². The highest BCUT2D eigenvalue weighted by atomic mass is 16.5. The fraction of sp³-hybridized carbons (Fsp3) is 0.812. The molecule has 6 heteroatoms. The van der Waals surface area contributed by atoms with Crippen molar-refractivity contribution in [3.63, 3.8) is 0 Å². The molecule has 1 atom stereocenters. The lowest BCUT2D eigenvalue weighted by Crippen LogP contribution is -2.32. The summed E-state index contributed by atoms with van der Waals surface area (Å²) >= 11 is 0. The third-order valence-corrected chi connectivity index (χ3v) is 4.61. The molecule has 1 aromatic rings. The topological polar surface area (TPSA) is 68.5 Å². The van der Waals surface area contributed by atoms with Gasteiger partial charge in [0, 0.05) is 25.0 Å². The minimum atomic E-state index is -0.171. The lowest BCUT2D eigenvalue weighted by atomic mass is 9.92. The molecule has 3 rings (SSSR count). The average Bonchev–Trinajstić information content (AvgIpc) is 3.07. The summed E-state index contributed by atoms with van der Waals surface area (Å²) in [4.78, 5) is 18.6. The van der Waals surface area contributed by atoms with Gasteiger partial charge in [-0.15, -0.1) is 0 Å². The number of likely N-dealkylation sites (tertiary alicyclic amines) is 1. The smallest absolute Gasteiger partial charge is 0.232 e. The third-order valence-electron chi connectivity index (χ3n) is 4.61. The quantitative estimate of drug-likeness (QED) is 0.839. The van der Waals surface area contributed by atoms with Gasteiger partial charge in [0.1, 0.15) is 0 Å². The predicted octanol–water partition coefficient (Wildman–Crippen LogP) is 2.43. The van der Waals surface area contributed by atoms with Crippen molar-refractivity contribution >= 4 is 5.91 Å². The summed E-state index contributed by atoms with van der Waals surface area (Å²) in [5, 5.41) is 4.02. The molecule has 22 heavy (non-hydrogen) atoms. The first-order valence-electron chi connectivity index (χ1n) is 8.13. The van der Waals surface area contributed by atoms with Crippen LogP contribution >= 0.6 is 0 Å². The lowest BCUT2D eigenvalue weighted by molar-refractivity contribution is -0.131. The van der Waals surface area contributed by atoms with E-state index in [4.69, 9.17) is 9.26 Å². The minimum Gasteiger partial charge on any atom is -0.375 e. The van der Waals surface area contributed by atoms with Gasteiger partial charge in [-0.1, -0.05) is 25.9 Å². The van der Waals surface area contributed by atoms with Gasteiger partial charge < -0.3 is 14.2 Å². The fourth-order valence-electron chi connectivity index (χ4n) is 3.19. The van der Waals surface area contributed by atoms with Crippen LogP contribution in [-0.2, 0) is 21.5 Å². The number of rotatable bonds is 2. The van der Waals surface area contributed by atoms with E-state index in [1.165, 1.54) is 0 Å². The molecule has 0 aliphatic carbocycles. The molecule has 2 aliphatic heterocycles. The second-order valence-electron chi connectivity index (χ2n) is 7.47. The van der Waals surface area contributed by atoms with Gasteiger partial charge in [-0.3, -0.25) is 4.79 Å². The third kappa shape index (κ3) is 3.16. The summed E-state index contributed by atoms with van der Waals surface area (Å²) in [7, 11) is 0. The molecule has 2 fully saturated rings. The Labute approximate surface area is 131 Å². The summed E-state index contributed by atoms with van der Waals surface area (Å²) in [6.45, 7) is 8.05. The monoisotopic (exact) mass is 307 g/mol. The first-order chi connectivity index (χ1) is 10.4. The van der Waals surface area contributed by atoms with Crippen molar-refractivity contribution in [2.75, 3.05) is 13.2 Å². The minimum absolute atomic E-state index is 0.0712. The molecular formula is C16H25N3O3. The molecule has 0 radical (unpaired) electrons. The highest BCUT2D eigenvalue weighted by molar-refractivity contribution is 5.76. The summed E-state index contributed by atoms with van der Waals surface area (Å²) in [6.07, 6.45) is 4.47. The Kier molecular flexibility index (Phi) is 3.97. The number of aromatic nitrogens is 2. The second-order valence-corrected chi connectivity index (χ2v) is 7.47. The molecule has 0 N–H and O–H groups in total. The molecule has 2 saturated heterocycles. The zero-order chi connectivity index (χ0) is 15.8. The van der Waals surface area contributed by atoms with Crippen molar-refractivity contribution in [1.82, 2.24) is 15.0 Å². The van der Waals surface area contributed by atoms with E-state index < -0.39 is 0 Å². The van der Waals surface area contributed by atoms with Gasteiger partial charge in [0.05, 0.1) is 12.1 Å². The number of ether oxygens (including phenoxy) is 1. The largest absolute Gasteiger partial charge is 0.375 e. The summed E-state index contributed by atoms with van der Waals surface area (Å²) < 4.78 is 11.2. The number of hydrogen-bond acceptors (Lipinski definition) is 5. The van der Waals surface area contributed by atoms with Crippen molar-refractivity contribution < 1.29 is 14.1 Å². The number of carbonyl (C=O) groups excluding carboxylic acids is 1. The molecule has 3 heterocycles. The van der Waals surface area contributed by atoms with E-state index >= 15 is 0 Å². The van der Waals surface area contributed by atoms with Gasteiger partial charge in [0.15, 0.2) is 5.82 Å². The molecule has 0 unspecified atom stereocenters. The Hall–Kier alpha value is -1.43. The normalized spacial score (nSPS) is 26.7. The Morgan fingerprint density at radius 3 is 2.73 bits per heavy atom. The Bertz CT molecular complexity index is 541. The van der Waals surface area contributed by atoms with Crippen molar-refractivity contribution in [3.05, 3.63) is 11.7 Å². The zero-order valence-electron chi connectivity index (χ0n) is 13.7. The maximum absolute atomic E-state index is 12.3. The number of nitrogens with zero attached hydrogens (tertiary/aromatic N) is 3. The van der Waals surface area contributed by atoms with Crippen LogP contribution in [0.5, 0.6) is 0 Å². The van der Waals surface area contributed by atoms with Crippen LogP contribution in [0.1, 0.15) is 64.6 Å². The van der Waals surface area contributed by atoms with Crippen LogP contribution in [0.15, 0.2) is 4.52 Å². The van der Waals surface area contributed by atoms with Crippen LogP contribution in [-0.4, -0.2) is 39.7 Å². The van der Waals surface area contributed by atoms with Crippen molar-refractivity contribution in [1.29, 1.82) is 0 Å². The molecular weight excluding hydrogens is 282 g/mol. The summed E-state index contributed by atoms with van der Waals surface area (Å²) in [6, 6.07) is 0. The number of amides is 1. The molecule has 1 spiro atoms. The molecule has 0 aromatic carbocycles.